The van der Waals surface area contributed by atoms with Gasteiger partial charge in [-0.1, -0.05) is 6.07 Å². The SMILES string of the molecule is COc1nc2c(OC)cccc2c(OC)c1C[C@H]1OC1(C)C. The molecule has 1 aromatic carbocycles. The third kappa shape index (κ3) is 2.35. The number of pyridine rings is 1. The molecular weight excluding hydrogens is 282 g/mol. The van der Waals surface area contributed by atoms with E-state index < -0.39 is 0 Å². The van der Waals surface area contributed by atoms with Crippen LogP contribution in [0.25, 0.3) is 10.9 Å². The third-order valence-corrected chi connectivity index (χ3v) is 4.16. The molecule has 1 atom stereocenters. The minimum Gasteiger partial charge on any atom is -0.496 e. The van der Waals surface area contributed by atoms with Gasteiger partial charge in [0, 0.05) is 11.8 Å². The second-order valence-corrected chi connectivity index (χ2v) is 5.90. The molecule has 1 aromatic heterocycles. The molecule has 0 unspecified atom stereocenters. The van der Waals surface area contributed by atoms with Crippen molar-refractivity contribution in [2.24, 2.45) is 0 Å². The maximum absolute atomic E-state index is 5.70. The number of para-hydroxylation sites is 1. The van der Waals surface area contributed by atoms with Crippen LogP contribution in [0.4, 0.5) is 0 Å². The Morgan fingerprint density at radius 2 is 1.86 bits per heavy atom. The van der Waals surface area contributed by atoms with Gasteiger partial charge in [-0.05, 0) is 26.0 Å². The van der Waals surface area contributed by atoms with Crippen molar-refractivity contribution in [1.29, 1.82) is 0 Å². The standard InChI is InChI=1S/C17H21NO4/c1-17(2)13(22-17)9-11-15(20-4)10-7-6-8-12(19-3)14(10)18-16(11)21-5/h6-8,13H,9H2,1-5H3/t13-/m1/s1. The number of hydrogen-bond donors (Lipinski definition) is 0. The fraction of sp³-hybridized carbons (Fsp3) is 0.471. The summed E-state index contributed by atoms with van der Waals surface area (Å²) in [5, 5.41) is 0.913. The van der Waals surface area contributed by atoms with Gasteiger partial charge in [-0.15, -0.1) is 0 Å². The topological polar surface area (TPSA) is 53.1 Å². The predicted octanol–water partition coefficient (Wildman–Crippen LogP) is 2.98. The molecule has 1 fully saturated rings. The van der Waals surface area contributed by atoms with Crippen LogP contribution >= 0.6 is 0 Å². The van der Waals surface area contributed by atoms with Gasteiger partial charge in [0.1, 0.15) is 17.0 Å². The van der Waals surface area contributed by atoms with Crippen molar-refractivity contribution in [2.75, 3.05) is 21.3 Å². The number of aromatic nitrogens is 1. The number of nitrogens with zero attached hydrogens (tertiary/aromatic N) is 1. The lowest BCUT2D eigenvalue weighted by Gasteiger charge is -2.16. The van der Waals surface area contributed by atoms with Gasteiger partial charge in [-0.2, -0.15) is 0 Å². The van der Waals surface area contributed by atoms with Gasteiger partial charge >= 0.3 is 0 Å². The van der Waals surface area contributed by atoms with Crippen molar-refractivity contribution in [3.63, 3.8) is 0 Å². The fourth-order valence-corrected chi connectivity index (χ4v) is 2.80. The lowest BCUT2D eigenvalue weighted by atomic mass is 10.0. The molecule has 0 spiro atoms. The van der Waals surface area contributed by atoms with Crippen molar-refractivity contribution in [3.05, 3.63) is 23.8 Å². The molecule has 1 aliphatic heterocycles. The van der Waals surface area contributed by atoms with Crippen LogP contribution in [-0.2, 0) is 11.2 Å². The molecule has 3 rings (SSSR count). The first-order valence-electron chi connectivity index (χ1n) is 7.27. The number of methoxy groups -OCH3 is 3. The number of ether oxygens (including phenoxy) is 4. The molecule has 1 saturated heterocycles. The third-order valence-electron chi connectivity index (χ3n) is 4.16. The average molecular weight is 303 g/mol. The minimum absolute atomic E-state index is 0.0979. The summed E-state index contributed by atoms with van der Waals surface area (Å²) in [6, 6.07) is 5.78. The summed E-state index contributed by atoms with van der Waals surface area (Å²) < 4.78 is 22.3. The zero-order chi connectivity index (χ0) is 15.9. The maximum Gasteiger partial charge on any atom is 0.220 e. The molecule has 0 aliphatic carbocycles. The summed E-state index contributed by atoms with van der Waals surface area (Å²) in [5.41, 5.74) is 1.57. The van der Waals surface area contributed by atoms with Gasteiger partial charge in [0.15, 0.2) is 0 Å². The Morgan fingerprint density at radius 1 is 1.14 bits per heavy atom. The number of epoxide rings is 1. The van der Waals surface area contributed by atoms with Gasteiger partial charge in [0.25, 0.3) is 0 Å². The molecule has 1 aliphatic rings. The van der Waals surface area contributed by atoms with Crippen molar-refractivity contribution in [1.82, 2.24) is 4.98 Å². The molecule has 2 aromatic rings. The van der Waals surface area contributed by atoms with E-state index >= 15 is 0 Å². The molecule has 5 nitrogen and oxygen atoms in total. The molecule has 22 heavy (non-hydrogen) atoms. The van der Waals surface area contributed by atoms with Crippen molar-refractivity contribution in [3.8, 4) is 17.4 Å². The van der Waals surface area contributed by atoms with Crippen LogP contribution in [0.3, 0.4) is 0 Å². The Hall–Kier alpha value is -2.01. The zero-order valence-corrected chi connectivity index (χ0v) is 13.6. The summed E-state index contributed by atoms with van der Waals surface area (Å²) in [4.78, 5) is 4.62. The van der Waals surface area contributed by atoms with Crippen LogP contribution in [0.15, 0.2) is 18.2 Å². The molecule has 5 heteroatoms. The van der Waals surface area contributed by atoms with E-state index in [1.54, 1.807) is 21.3 Å². The van der Waals surface area contributed by atoms with Gasteiger partial charge in [0.05, 0.1) is 38.6 Å². The molecule has 0 saturated carbocycles. The lowest BCUT2D eigenvalue weighted by Crippen LogP contribution is -2.09. The number of benzene rings is 1. The second-order valence-electron chi connectivity index (χ2n) is 5.90. The predicted molar refractivity (Wildman–Crippen MR) is 84.1 cm³/mol. The Kier molecular flexibility index (Phi) is 3.60. The van der Waals surface area contributed by atoms with E-state index in [-0.39, 0.29) is 11.7 Å². The van der Waals surface area contributed by atoms with Crippen LogP contribution in [-0.4, -0.2) is 38.0 Å². The van der Waals surface area contributed by atoms with Crippen LogP contribution in [0, 0.1) is 0 Å². The maximum atomic E-state index is 5.70. The molecule has 0 amide bonds. The van der Waals surface area contributed by atoms with E-state index in [9.17, 15) is 0 Å². The van der Waals surface area contributed by atoms with E-state index in [2.05, 4.69) is 18.8 Å². The molecule has 118 valence electrons. The van der Waals surface area contributed by atoms with Gasteiger partial charge in [-0.25, -0.2) is 4.98 Å². The van der Waals surface area contributed by atoms with E-state index in [4.69, 9.17) is 18.9 Å². The highest BCUT2D eigenvalue weighted by molar-refractivity contribution is 5.91. The van der Waals surface area contributed by atoms with Crippen LogP contribution in [0.2, 0.25) is 0 Å². The second kappa shape index (κ2) is 5.32. The van der Waals surface area contributed by atoms with Crippen molar-refractivity contribution in [2.45, 2.75) is 32.0 Å². The minimum atomic E-state index is -0.0979. The number of hydrogen-bond acceptors (Lipinski definition) is 5. The Labute approximate surface area is 130 Å². The summed E-state index contributed by atoms with van der Waals surface area (Å²) >= 11 is 0. The molecule has 0 bridgehead atoms. The zero-order valence-electron chi connectivity index (χ0n) is 13.6. The Morgan fingerprint density at radius 3 is 2.41 bits per heavy atom. The summed E-state index contributed by atoms with van der Waals surface area (Å²) in [6.45, 7) is 4.16. The number of rotatable bonds is 5. The monoisotopic (exact) mass is 303 g/mol. The fourth-order valence-electron chi connectivity index (χ4n) is 2.80. The van der Waals surface area contributed by atoms with E-state index in [1.165, 1.54) is 0 Å². The van der Waals surface area contributed by atoms with Crippen LogP contribution < -0.4 is 14.2 Å². The highest BCUT2D eigenvalue weighted by Gasteiger charge is 2.48. The normalized spacial score (nSPS) is 19.0. The van der Waals surface area contributed by atoms with Crippen LogP contribution in [0.1, 0.15) is 19.4 Å². The first-order chi connectivity index (χ1) is 10.5. The van der Waals surface area contributed by atoms with E-state index in [0.29, 0.717) is 18.1 Å². The quantitative estimate of drug-likeness (QED) is 0.795. The largest absolute Gasteiger partial charge is 0.496 e. The lowest BCUT2D eigenvalue weighted by molar-refractivity contribution is 0.320. The first kappa shape index (κ1) is 14.9. The summed E-state index contributed by atoms with van der Waals surface area (Å²) in [5.74, 6) is 2.02. The smallest absolute Gasteiger partial charge is 0.220 e. The Balaban J connectivity index is 2.17. The van der Waals surface area contributed by atoms with Gasteiger partial charge in [-0.3, -0.25) is 0 Å². The van der Waals surface area contributed by atoms with Gasteiger partial charge in [0.2, 0.25) is 5.88 Å². The number of fused-ring (bicyclic) bond motifs is 1. The molecule has 2 heterocycles. The molecule has 0 N–H and O–H groups in total. The van der Waals surface area contributed by atoms with Crippen LogP contribution in [0.5, 0.6) is 17.4 Å². The summed E-state index contributed by atoms with van der Waals surface area (Å²) in [6.07, 6.45) is 0.861. The van der Waals surface area contributed by atoms with Crippen molar-refractivity contribution >= 4 is 10.9 Å². The Bertz CT molecular complexity index is 711. The molecule has 0 radical (unpaired) electrons. The van der Waals surface area contributed by atoms with E-state index in [0.717, 1.165) is 22.2 Å². The van der Waals surface area contributed by atoms with Gasteiger partial charge < -0.3 is 18.9 Å². The van der Waals surface area contributed by atoms with E-state index in [1.807, 2.05) is 18.2 Å². The highest BCUT2D eigenvalue weighted by atomic mass is 16.6. The first-order valence-corrected chi connectivity index (χ1v) is 7.27. The molecular formula is C17H21NO4. The highest BCUT2D eigenvalue weighted by Crippen LogP contribution is 2.44. The average Bonchev–Trinajstić information content (AvgIpc) is 3.12. The summed E-state index contributed by atoms with van der Waals surface area (Å²) in [7, 11) is 4.91. The van der Waals surface area contributed by atoms with Crippen molar-refractivity contribution < 1.29 is 18.9 Å².